The SMILES string of the molecule is CCc1ccc2c(c1)CC(=O)N2CC(=O)N1CCNCC1. The molecule has 0 bridgehead atoms. The minimum atomic E-state index is 0.0294. The maximum atomic E-state index is 12.3. The largest absolute Gasteiger partial charge is 0.339 e. The van der Waals surface area contributed by atoms with E-state index in [-0.39, 0.29) is 18.4 Å². The first-order chi connectivity index (χ1) is 10.2. The van der Waals surface area contributed by atoms with Crippen molar-refractivity contribution in [2.75, 3.05) is 37.6 Å². The summed E-state index contributed by atoms with van der Waals surface area (Å²) in [5.74, 6) is 0.0685. The first-order valence-corrected chi connectivity index (χ1v) is 7.59. The second-order valence-electron chi connectivity index (χ2n) is 5.60. The number of benzene rings is 1. The lowest BCUT2D eigenvalue weighted by molar-refractivity contribution is -0.131. The highest BCUT2D eigenvalue weighted by atomic mass is 16.2. The molecule has 1 saturated heterocycles. The molecule has 2 aliphatic heterocycles. The van der Waals surface area contributed by atoms with Crippen LogP contribution in [0.1, 0.15) is 18.1 Å². The average Bonchev–Trinajstić information content (AvgIpc) is 2.83. The van der Waals surface area contributed by atoms with Gasteiger partial charge in [-0.15, -0.1) is 0 Å². The van der Waals surface area contributed by atoms with Crippen molar-refractivity contribution in [1.29, 1.82) is 0 Å². The fourth-order valence-electron chi connectivity index (χ4n) is 2.98. The van der Waals surface area contributed by atoms with Gasteiger partial charge in [-0.3, -0.25) is 9.59 Å². The van der Waals surface area contributed by atoms with Crippen molar-refractivity contribution in [2.24, 2.45) is 0 Å². The van der Waals surface area contributed by atoms with Crippen LogP contribution in [0.2, 0.25) is 0 Å². The van der Waals surface area contributed by atoms with E-state index < -0.39 is 0 Å². The Bertz CT molecular complexity index is 565. The van der Waals surface area contributed by atoms with Gasteiger partial charge in [0.25, 0.3) is 0 Å². The molecule has 1 N–H and O–H groups in total. The van der Waals surface area contributed by atoms with Crippen molar-refractivity contribution >= 4 is 17.5 Å². The molecule has 0 atom stereocenters. The first-order valence-electron chi connectivity index (χ1n) is 7.59. The van der Waals surface area contributed by atoms with Crippen molar-refractivity contribution in [3.8, 4) is 0 Å². The summed E-state index contributed by atoms with van der Waals surface area (Å²) in [6, 6.07) is 6.10. The minimum Gasteiger partial charge on any atom is -0.339 e. The van der Waals surface area contributed by atoms with Crippen molar-refractivity contribution in [3.63, 3.8) is 0 Å². The van der Waals surface area contributed by atoms with E-state index in [9.17, 15) is 9.59 Å². The molecule has 5 nitrogen and oxygen atoms in total. The number of amides is 2. The molecular formula is C16H21N3O2. The van der Waals surface area contributed by atoms with E-state index in [0.29, 0.717) is 6.42 Å². The van der Waals surface area contributed by atoms with Gasteiger partial charge in [0.05, 0.1) is 6.42 Å². The van der Waals surface area contributed by atoms with E-state index in [0.717, 1.165) is 43.9 Å². The highest BCUT2D eigenvalue weighted by Gasteiger charge is 2.30. The van der Waals surface area contributed by atoms with Gasteiger partial charge in [-0.25, -0.2) is 0 Å². The Morgan fingerprint density at radius 2 is 2.05 bits per heavy atom. The van der Waals surface area contributed by atoms with Gasteiger partial charge in [0.2, 0.25) is 11.8 Å². The summed E-state index contributed by atoms with van der Waals surface area (Å²) in [6.45, 7) is 5.37. The average molecular weight is 287 g/mol. The molecule has 2 amide bonds. The Morgan fingerprint density at radius 3 is 2.76 bits per heavy atom. The molecule has 2 aliphatic rings. The molecule has 2 heterocycles. The number of piperazine rings is 1. The van der Waals surface area contributed by atoms with Gasteiger partial charge in [0.1, 0.15) is 6.54 Å². The highest BCUT2D eigenvalue weighted by Crippen LogP contribution is 2.29. The van der Waals surface area contributed by atoms with E-state index in [1.54, 1.807) is 4.90 Å². The maximum Gasteiger partial charge on any atom is 0.242 e. The normalized spacial score (nSPS) is 18.0. The molecule has 3 rings (SSSR count). The van der Waals surface area contributed by atoms with Gasteiger partial charge in [-0.2, -0.15) is 0 Å². The minimum absolute atomic E-state index is 0.0294. The Balaban J connectivity index is 1.74. The predicted molar refractivity (Wildman–Crippen MR) is 81.3 cm³/mol. The van der Waals surface area contributed by atoms with Crippen LogP contribution in [0.25, 0.3) is 0 Å². The standard InChI is InChI=1S/C16H21N3O2/c1-2-12-3-4-14-13(9-12)10-15(20)19(14)11-16(21)18-7-5-17-6-8-18/h3-4,9,17H,2,5-8,10-11H2,1H3. The molecule has 21 heavy (non-hydrogen) atoms. The number of anilines is 1. The number of carbonyl (C=O) groups is 2. The lowest BCUT2D eigenvalue weighted by atomic mass is 10.1. The number of nitrogens with zero attached hydrogens (tertiary/aromatic N) is 2. The Kier molecular flexibility index (Phi) is 3.92. The summed E-state index contributed by atoms with van der Waals surface area (Å²) < 4.78 is 0. The number of hydrogen-bond acceptors (Lipinski definition) is 3. The summed E-state index contributed by atoms with van der Waals surface area (Å²) in [5.41, 5.74) is 3.19. The molecule has 5 heteroatoms. The van der Waals surface area contributed by atoms with Crippen molar-refractivity contribution in [3.05, 3.63) is 29.3 Å². The molecule has 1 fully saturated rings. The second kappa shape index (κ2) is 5.85. The predicted octanol–water partition coefficient (Wildman–Crippen LogP) is 0.570. The lowest BCUT2D eigenvalue weighted by Gasteiger charge is -2.29. The van der Waals surface area contributed by atoms with E-state index in [1.165, 1.54) is 5.56 Å². The molecule has 1 aromatic rings. The molecule has 0 aliphatic carbocycles. The summed E-state index contributed by atoms with van der Waals surface area (Å²) in [6.07, 6.45) is 1.37. The van der Waals surface area contributed by atoms with Crippen LogP contribution in [0.4, 0.5) is 5.69 Å². The number of hydrogen-bond donors (Lipinski definition) is 1. The lowest BCUT2D eigenvalue weighted by Crippen LogP contribution is -2.50. The number of fused-ring (bicyclic) bond motifs is 1. The number of aryl methyl sites for hydroxylation is 1. The summed E-state index contributed by atoms with van der Waals surface area (Å²) in [5, 5.41) is 3.23. The summed E-state index contributed by atoms with van der Waals surface area (Å²) in [4.78, 5) is 28.0. The summed E-state index contributed by atoms with van der Waals surface area (Å²) >= 11 is 0. The molecule has 0 radical (unpaired) electrons. The van der Waals surface area contributed by atoms with Gasteiger partial charge in [0, 0.05) is 31.9 Å². The third kappa shape index (κ3) is 2.78. The van der Waals surface area contributed by atoms with Crippen LogP contribution in [0, 0.1) is 0 Å². The van der Waals surface area contributed by atoms with Crippen LogP contribution < -0.4 is 10.2 Å². The molecule has 0 aromatic heterocycles. The quantitative estimate of drug-likeness (QED) is 0.884. The van der Waals surface area contributed by atoms with Crippen LogP contribution in [0.5, 0.6) is 0 Å². The fourth-order valence-corrected chi connectivity index (χ4v) is 2.98. The molecule has 1 aromatic carbocycles. The van der Waals surface area contributed by atoms with E-state index in [2.05, 4.69) is 18.3 Å². The number of nitrogens with one attached hydrogen (secondary N) is 1. The summed E-state index contributed by atoms with van der Waals surface area (Å²) in [7, 11) is 0. The van der Waals surface area contributed by atoms with Crippen LogP contribution in [0.3, 0.4) is 0 Å². The molecule has 0 saturated carbocycles. The third-order valence-electron chi connectivity index (χ3n) is 4.25. The number of carbonyl (C=O) groups excluding carboxylic acids is 2. The van der Waals surface area contributed by atoms with Crippen molar-refractivity contribution in [2.45, 2.75) is 19.8 Å². The van der Waals surface area contributed by atoms with Crippen LogP contribution in [-0.4, -0.2) is 49.4 Å². The fraction of sp³-hybridized carbons (Fsp3) is 0.500. The second-order valence-corrected chi connectivity index (χ2v) is 5.60. The third-order valence-corrected chi connectivity index (χ3v) is 4.25. The van der Waals surface area contributed by atoms with Crippen LogP contribution in [-0.2, 0) is 22.4 Å². The Hall–Kier alpha value is -1.88. The van der Waals surface area contributed by atoms with Gasteiger partial charge < -0.3 is 15.1 Å². The van der Waals surface area contributed by atoms with Gasteiger partial charge in [0.15, 0.2) is 0 Å². The van der Waals surface area contributed by atoms with Crippen molar-refractivity contribution in [1.82, 2.24) is 10.2 Å². The molecule has 112 valence electrons. The molecule has 0 spiro atoms. The maximum absolute atomic E-state index is 12.3. The first kappa shape index (κ1) is 14.1. The van der Waals surface area contributed by atoms with Crippen molar-refractivity contribution < 1.29 is 9.59 Å². The van der Waals surface area contributed by atoms with Gasteiger partial charge in [-0.05, 0) is 23.6 Å². The topological polar surface area (TPSA) is 52.7 Å². The van der Waals surface area contributed by atoms with Crippen LogP contribution >= 0.6 is 0 Å². The van der Waals surface area contributed by atoms with Gasteiger partial charge in [-0.1, -0.05) is 19.1 Å². The molecular weight excluding hydrogens is 266 g/mol. The number of rotatable bonds is 3. The van der Waals surface area contributed by atoms with Gasteiger partial charge >= 0.3 is 0 Å². The monoisotopic (exact) mass is 287 g/mol. The Labute approximate surface area is 124 Å². The Morgan fingerprint density at radius 1 is 1.29 bits per heavy atom. The van der Waals surface area contributed by atoms with E-state index in [4.69, 9.17) is 0 Å². The van der Waals surface area contributed by atoms with Crippen LogP contribution in [0.15, 0.2) is 18.2 Å². The van der Waals surface area contributed by atoms with E-state index in [1.807, 2.05) is 17.0 Å². The zero-order valence-corrected chi connectivity index (χ0v) is 12.4. The zero-order chi connectivity index (χ0) is 14.8. The highest BCUT2D eigenvalue weighted by molar-refractivity contribution is 6.05. The van der Waals surface area contributed by atoms with E-state index >= 15 is 0 Å². The smallest absolute Gasteiger partial charge is 0.242 e. The molecule has 0 unspecified atom stereocenters. The zero-order valence-electron chi connectivity index (χ0n) is 12.4.